The van der Waals surface area contributed by atoms with Gasteiger partial charge in [0.25, 0.3) is 0 Å². The molecule has 0 aliphatic carbocycles. The molecule has 4 nitrogen and oxygen atoms in total. The summed E-state index contributed by atoms with van der Waals surface area (Å²) < 4.78 is 5.21. The minimum atomic E-state index is -0.518. The van der Waals surface area contributed by atoms with Crippen LogP contribution in [0.5, 0.6) is 5.88 Å². The number of nitrogens with zero attached hydrogens (tertiary/aromatic N) is 2. The summed E-state index contributed by atoms with van der Waals surface area (Å²) in [5, 5.41) is 10.2. The summed E-state index contributed by atoms with van der Waals surface area (Å²) in [6.07, 6.45) is 1.73. The van der Waals surface area contributed by atoms with Gasteiger partial charge < -0.3 is 9.84 Å². The number of rotatable bonds is 4. The summed E-state index contributed by atoms with van der Waals surface area (Å²) >= 11 is 0. The Bertz CT molecular complexity index is 387. The molecule has 1 aliphatic heterocycles. The van der Waals surface area contributed by atoms with E-state index in [-0.39, 0.29) is 0 Å². The third kappa shape index (κ3) is 2.42. The first-order chi connectivity index (χ1) is 8.05. The zero-order chi connectivity index (χ0) is 12.5. The molecule has 0 atom stereocenters. The van der Waals surface area contributed by atoms with Crippen LogP contribution in [-0.4, -0.2) is 40.8 Å². The van der Waals surface area contributed by atoms with Crippen molar-refractivity contribution in [3.63, 3.8) is 0 Å². The highest BCUT2D eigenvalue weighted by molar-refractivity contribution is 5.25. The number of ether oxygens (including phenoxy) is 1. The van der Waals surface area contributed by atoms with Crippen LogP contribution in [0.1, 0.15) is 19.4 Å². The van der Waals surface area contributed by atoms with E-state index in [1.54, 1.807) is 13.3 Å². The number of hydrogen-bond donors (Lipinski definition) is 1. The number of likely N-dealkylation sites (tertiary alicyclic amines) is 1. The van der Waals surface area contributed by atoms with E-state index in [2.05, 4.69) is 23.7 Å². The van der Waals surface area contributed by atoms with Crippen LogP contribution in [0.25, 0.3) is 0 Å². The highest BCUT2D eigenvalue weighted by atomic mass is 16.5. The lowest BCUT2D eigenvalue weighted by molar-refractivity contribution is -0.131. The van der Waals surface area contributed by atoms with Gasteiger partial charge in [0.2, 0.25) is 5.88 Å². The quantitative estimate of drug-likeness (QED) is 0.855. The first-order valence-electron chi connectivity index (χ1n) is 5.98. The maximum Gasteiger partial charge on any atom is 0.217 e. The molecule has 1 saturated heterocycles. The van der Waals surface area contributed by atoms with Crippen molar-refractivity contribution < 1.29 is 9.84 Å². The average molecular weight is 236 g/mol. The Morgan fingerprint density at radius 3 is 2.82 bits per heavy atom. The van der Waals surface area contributed by atoms with Gasteiger partial charge in [0.05, 0.1) is 12.7 Å². The van der Waals surface area contributed by atoms with E-state index in [1.165, 1.54) is 0 Å². The van der Waals surface area contributed by atoms with E-state index in [0.717, 1.165) is 25.2 Å². The lowest BCUT2D eigenvalue weighted by Gasteiger charge is -2.49. The van der Waals surface area contributed by atoms with E-state index in [4.69, 9.17) is 4.74 Å². The number of aromatic nitrogens is 1. The Kier molecular flexibility index (Phi) is 3.35. The zero-order valence-corrected chi connectivity index (χ0v) is 10.7. The summed E-state index contributed by atoms with van der Waals surface area (Å²) in [6.45, 7) is 6.35. The monoisotopic (exact) mass is 236 g/mol. The van der Waals surface area contributed by atoms with Crippen LogP contribution in [0, 0.1) is 5.92 Å². The van der Waals surface area contributed by atoms with Gasteiger partial charge in [-0.3, -0.25) is 4.90 Å². The van der Waals surface area contributed by atoms with E-state index >= 15 is 0 Å². The van der Waals surface area contributed by atoms with Crippen LogP contribution >= 0.6 is 0 Å². The molecule has 1 fully saturated rings. The van der Waals surface area contributed by atoms with Crippen molar-refractivity contribution in [3.8, 4) is 5.88 Å². The Hall–Kier alpha value is -1.13. The highest BCUT2D eigenvalue weighted by Gasteiger charge is 2.43. The zero-order valence-electron chi connectivity index (χ0n) is 10.7. The molecular formula is C13H20N2O2. The van der Waals surface area contributed by atoms with Crippen LogP contribution in [0.2, 0.25) is 0 Å². The summed E-state index contributed by atoms with van der Waals surface area (Å²) in [5.74, 6) is 0.974. The normalized spacial score (nSPS) is 19.1. The number of pyridine rings is 1. The van der Waals surface area contributed by atoms with Gasteiger partial charge in [-0.25, -0.2) is 4.98 Å². The number of methoxy groups -OCH3 is 1. The summed E-state index contributed by atoms with van der Waals surface area (Å²) in [4.78, 5) is 6.38. The Morgan fingerprint density at radius 1 is 1.53 bits per heavy atom. The number of hydrogen-bond acceptors (Lipinski definition) is 4. The predicted octanol–water partition coefficient (Wildman–Crippen LogP) is 1.29. The van der Waals surface area contributed by atoms with Gasteiger partial charge in [0.1, 0.15) is 0 Å². The second-order valence-corrected chi connectivity index (χ2v) is 5.08. The average Bonchev–Trinajstić information content (AvgIpc) is 2.27. The van der Waals surface area contributed by atoms with Crippen LogP contribution in [0.15, 0.2) is 18.3 Å². The van der Waals surface area contributed by atoms with E-state index in [0.29, 0.717) is 11.8 Å². The van der Waals surface area contributed by atoms with Crippen molar-refractivity contribution in [3.05, 3.63) is 23.9 Å². The molecule has 0 bridgehead atoms. The molecule has 1 aromatic heterocycles. The fourth-order valence-electron chi connectivity index (χ4n) is 2.17. The first-order valence-corrected chi connectivity index (χ1v) is 5.98. The summed E-state index contributed by atoms with van der Waals surface area (Å²) in [7, 11) is 1.63. The first kappa shape index (κ1) is 12.3. The minimum Gasteiger partial charge on any atom is -0.481 e. The fourth-order valence-corrected chi connectivity index (χ4v) is 2.17. The van der Waals surface area contributed by atoms with Crippen molar-refractivity contribution in [2.75, 3.05) is 20.2 Å². The SMILES string of the molecule is COc1ncccc1CN1CC(O)(C(C)C)C1. The third-order valence-corrected chi connectivity index (χ3v) is 3.51. The molecule has 94 valence electrons. The van der Waals surface area contributed by atoms with Gasteiger partial charge in [-0.05, 0) is 12.0 Å². The largest absolute Gasteiger partial charge is 0.481 e. The number of aliphatic hydroxyl groups is 1. The molecule has 2 rings (SSSR count). The molecular weight excluding hydrogens is 216 g/mol. The molecule has 0 amide bonds. The topological polar surface area (TPSA) is 45.6 Å². The molecule has 0 radical (unpaired) electrons. The van der Waals surface area contributed by atoms with Crippen molar-refractivity contribution in [1.29, 1.82) is 0 Å². The standard InChI is InChI=1S/C13H20N2O2/c1-10(2)13(16)8-15(9-13)7-11-5-4-6-14-12(11)17-3/h4-6,10,16H,7-9H2,1-3H3. The molecule has 0 spiro atoms. The van der Waals surface area contributed by atoms with Gasteiger partial charge in [0, 0.05) is 31.4 Å². The van der Waals surface area contributed by atoms with Gasteiger partial charge >= 0.3 is 0 Å². The van der Waals surface area contributed by atoms with E-state index in [9.17, 15) is 5.11 Å². The second kappa shape index (κ2) is 4.63. The summed E-state index contributed by atoms with van der Waals surface area (Å²) in [5.41, 5.74) is 0.552. The molecule has 0 saturated carbocycles. The van der Waals surface area contributed by atoms with Gasteiger partial charge in [-0.2, -0.15) is 0 Å². The van der Waals surface area contributed by atoms with Crippen LogP contribution < -0.4 is 4.74 Å². The lowest BCUT2D eigenvalue weighted by Crippen LogP contribution is -2.63. The highest BCUT2D eigenvalue weighted by Crippen LogP contribution is 2.30. The Morgan fingerprint density at radius 2 is 2.24 bits per heavy atom. The second-order valence-electron chi connectivity index (χ2n) is 5.08. The van der Waals surface area contributed by atoms with Gasteiger partial charge in [0.15, 0.2) is 0 Å². The van der Waals surface area contributed by atoms with Crippen LogP contribution in [0.4, 0.5) is 0 Å². The molecule has 0 unspecified atom stereocenters. The number of β-amino-alcohol motifs (C(OH)–C–C–N with tert-alkyl or cyclic N) is 1. The molecule has 2 heterocycles. The Balaban J connectivity index is 1.96. The smallest absolute Gasteiger partial charge is 0.217 e. The summed E-state index contributed by atoms with van der Waals surface area (Å²) in [6, 6.07) is 3.92. The molecule has 1 aromatic rings. The molecule has 4 heteroatoms. The predicted molar refractivity (Wildman–Crippen MR) is 65.9 cm³/mol. The molecule has 1 N–H and O–H groups in total. The van der Waals surface area contributed by atoms with Gasteiger partial charge in [-0.15, -0.1) is 0 Å². The minimum absolute atomic E-state index is 0.301. The van der Waals surface area contributed by atoms with Crippen LogP contribution in [0.3, 0.4) is 0 Å². The van der Waals surface area contributed by atoms with Crippen LogP contribution in [-0.2, 0) is 6.54 Å². The van der Waals surface area contributed by atoms with E-state index in [1.807, 2.05) is 12.1 Å². The molecule has 1 aliphatic rings. The van der Waals surface area contributed by atoms with Crippen molar-refractivity contribution >= 4 is 0 Å². The Labute approximate surface area is 102 Å². The van der Waals surface area contributed by atoms with Crippen molar-refractivity contribution in [2.24, 2.45) is 5.92 Å². The maximum atomic E-state index is 10.2. The fraction of sp³-hybridized carbons (Fsp3) is 0.615. The lowest BCUT2D eigenvalue weighted by atomic mass is 9.83. The van der Waals surface area contributed by atoms with Crippen molar-refractivity contribution in [2.45, 2.75) is 26.0 Å². The molecule has 17 heavy (non-hydrogen) atoms. The maximum absolute atomic E-state index is 10.2. The third-order valence-electron chi connectivity index (χ3n) is 3.51. The van der Waals surface area contributed by atoms with Gasteiger partial charge in [-0.1, -0.05) is 19.9 Å². The van der Waals surface area contributed by atoms with E-state index < -0.39 is 5.60 Å². The molecule has 0 aromatic carbocycles. The van der Waals surface area contributed by atoms with Crippen molar-refractivity contribution in [1.82, 2.24) is 9.88 Å².